The summed E-state index contributed by atoms with van der Waals surface area (Å²) in [6.07, 6.45) is 0. The van der Waals surface area contributed by atoms with E-state index in [0.717, 1.165) is 18.8 Å². The molecule has 6 nitrogen and oxygen atoms in total. The van der Waals surface area contributed by atoms with Crippen LogP contribution in [-0.4, -0.2) is 24.9 Å². The Hall–Kier alpha value is -3.33. The van der Waals surface area contributed by atoms with E-state index in [4.69, 9.17) is 5.26 Å². The van der Waals surface area contributed by atoms with E-state index in [-0.39, 0.29) is 0 Å². The highest BCUT2D eigenvalue weighted by atomic mass is 16.2. The van der Waals surface area contributed by atoms with Gasteiger partial charge in [0.15, 0.2) is 0 Å². The van der Waals surface area contributed by atoms with Crippen LogP contribution >= 0.6 is 0 Å². The van der Waals surface area contributed by atoms with Crippen molar-refractivity contribution in [3.05, 3.63) is 54.1 Å². The molecule has 28 heavy (non-hydrogen) atoms. The molecule has 0 atom stereocenters. The lowest BCUT2D eigenvalue weighted by Gasteiger charge is -2.24. The molecule has 146 valence electrons. The van der Waals surface area contributed by atoms with Crippen LogP contribution in [0.4, 0.5) is 17.1 Å². The molecule has 2 rings (SSSR count). The number of carbonyl (C=O) groups is 2. The van der Waals surface area contributed by atoms with E-state index in [2.05, 4.69) is 29.4 Å². The molecule has 2 aromatic rings. The molecule has 0 aromatic heterocycles. The van der Waals surface area contributed by atoms with Gasteiger partial charge in [0, 0.05) is 24.5 Å². The topological polar surface area (TPSA) is 85.2 Å². The molecular weight excluding hydrogens is 352 g/mol. The monoisotopic (exact) mass is 378 g/mol. The maximum atomic E-state index is 12.7. The van der Waals surface area contributed by atoms with Crippen molar-refractivity contribution in [2.45, 2.75) is 27.7 Å². The summed E-state index contributed by atoms with van der Waals surface area (Å²) in [4.78, 5) is 27.6. The van der Waals surface area contributed by atoms with E-state index >= 15 is 0 Å². The van der Waals surface area contributed by atoms with Crippen molar-refractivity contribution in [1.82, 2.24) is 0 Å². The summed E-state index contributed by atoms with van der Waals surface area (Å²) >= 11 is 0. The van der Waals surface area contributed by atoms with Crippen LogP contribution in [0.5, 0.6) is 0 Å². The third kappa shape index (κ3) is 4.68. The quantitative estimate of drug-likeness (QED) is 0.713. The predicted molar refractivity (Wildman–Crippen MR) is 112 cm³/mol. The van der Waals surface area contributed by atoms with Crippen molar-refractivity contribution in [2.75, 3.05) is 28.6 Å². The van der Waals surface area contributed by atoms with E-state index in [1.165, 1.54) is 0 Å². The van der Waals surface area contributed by atoms with Gasteiger partial charge in [-0.3, -0.25) is 9.59 Å². The predicted octanol–water partition coefficient (Wildman–Crippen LogP) is 4.01. The third-order valence-electron chi connectivity index (χ3n) is 4.68. The van der Waals surface area contributed by atoms with Crippen molar-refractivity contribution < 1.29 is 9.59 Å². The molecular formula is C22H26N4O2. The molecule has 0 aliphatic heterocycles. The number of rotatable bonds is 7. The lowest BCUT2D eigenvalue weighted by atomic mass is 9.90. The zero-order chi connectivity index (χ0) is 20.7. The van der Waals surface area contributed by atoms with Crippen molar-refractivity contribution in [3.8, 4) is 6.07 Å². The number of hydrogen-bond donors (Lipinski definition) is 2. The second-order valence-corrected chi connectivity index (χ2v) is 6.91. The van der Waals surface area contributed by atoms with Gasteiger partial charge in [0.2, 0.25) is 11.8 Å². The normalized spacial score (nSPS) is 10.7. The Morgan fingerprint density at radius 2 is 1.54 bits per heavy atom. The smallest absolute Gasteiger partial charge is 0.239 e. The van der Waals surface area contributed by atoms with Crippen molar-refractivity contribution >= 4 is 28.9 Å². The Kier molecular flexibility index (Phi) is 6.78. The highest BCUT2D eigenvalue weighted by Gasteiger charge is 2.36. The molecule has 0 spiro atoms. The molecule has 6 heteroatoms. The maximum absolute atomic E-state index is 12.7. The minimum Gasteiger partial charge on any atom is -0.372 e. The summed E-state index contributed by atoms with van der Waals surface area (Å²) in [6.45, 7) is 9.09. The molecule has 0 unspecified atom stereocenters. The molecule has 0 saturated heterocycles. The number of benzene rings is 2. The first-order valence-electron chi connectivity index (χ1n) is 9.30. The van der Waals surface area contributed by atoms with Gasteiger partial charge in [-0.1, -0.05) is 12.1 Å². The van der Waals surface area contributed by atoms with Crippen LogP contribution in [0, 0.1) is 16.7 Å². The number of nitrogens with one attached hydrogen (secondary N) is 2. The van der Waals surface area contributed by atoms with Crippen LogP contribution in [0.25, 0.3) is 0 Å². The average molecular weight is 378 g/mol. The van der Waals surface area contributed by atoms with Crippen molar-refractivity contribution in [1.29, 1.82) is 5.26 Å². The molecule has 0 heterocycles. The molecule has 2 N–H and O–H groups in total. The summed E-state index contributed by atoms with van der Waals surface area (Å²) in [5.41, 5.74) is 1.12. The summed E-state index contributed by atoms with van der Waals surface area (Å²) in [7, 11) is 0. The van der Waals surface area contributed by atoms with Gasteiger partial charge >= 0.3 is 0 Å². The van der Waals surface area contributed by atoms with Crippen LogP contribution < -0.4 is 15.5 Å². The molecule has 0 radical (unpaired) electrons. The van der Waals surface area contributed by atoms with Gasteiger partial charge in [-0.25, -0.2) is 0 Å². The number of amides is 2. The Morgan fingerprint density at radius 1 is 0.964 bits per heavy atom. The van der Waals surface area contributed by atoms with Gasteiger partial charge < -0.3 is 15.5 Å². The van der Waals surface area contributed by atoms with Gasteiger partial charge in [-0.15, -0.1) is 0 Å². The van der Waals surface area contributed by atoms with Crippen LogP contribution in [0.1, 0.15) is 33.3 Å². The molecule has 2 aromatic carbocycles. The first kappa shape index (κ1) is 21.0. The van der Waals surface area contributed by atoms with Gasteiger partial charge in [-0.05, 0) is 64.1 Å². The van der Waals surface area contributed by atoms with Crippen molar-refractivity contribution in [2.24, 2.45) is 5.41 Å². The Balaban J connectivity index is 2.09. The summed E-state index contributed by atoms with van der Waals surface area (Å²) < 4.78 is 0. The maximum Gasteiger partial charge on any atom is 0.239 e. The minimum atomic E-state index is -1.32. The number of para-hydroxylation sites is 1. The molecule has 0 bridgehead atoms. The average Bonchev–Trinajstić information content (AvgIpc) is 2.70. The fourth-order valence-corrected chi connectivity index (χ4v) is 2.70. The summed E-state index contributed by atoms with van der Waals surface area (Å²) in [5, 5.41) is 14.6. The highest BCUT2D eigenvalue weighted by Crippen LogP contribution is 2.24. The second kappa shape index (κ2) is 9.05. The Bertz CT molecular complexity index is 878. The van der Waals surface area contributed by atoms with Crippen LogP contribution in [0.2, 0.25) is 0 Å². The van der Waals surface area contributed by atoms with Gasteiger partial charge in [0.25, 0.3) is 0 Å². The Labute approximate surface area is 166 Å². The zero-order valence-electron chi connectivity index (χ0n) is 16.7. The molecule has 0 saturated carbocycles. The number of carbonyl (C=O) groups excluding carboxylic acids is 2. The minimum absolute atomic E-state index is 0.346. The standard InChI is InChI=1S/C22H26N4O2/c1-5-26(6-2)18-13-11-17(12-14-18)24-20(27)22(3,4)21(28)25-19-10-8-7-9-16(19)15-23/h7-14H,5-6H2,1-4H3,(H,24,27)(H,25,28). The molecule has 2 amide bonds. The number of anilines is 3. The zero-order valence-corrected chi connectivity index (χ0v) is 16.7. The fourth-order valence-electron chi connectivity index (χ4n) is 2.70. The lowest BCUT2D eigenvalue weighted by molar-refractivity contribution is -0.135. The number of nitrogens with zero attached hydrogens (tertiary/aromatic N) is 2. The van der Waals surface area contributed by atoms with E-state index in [0.29, 0.717) is 16.9 Å². The van der Waals surface area contributed by atoms with E-state index < -0.39 is 17.2 Å². The van der Waals surface area contributed by atoms with E-state index in [9.17, 15) is 9.59 Å². The molecule has 0 aliphatic rings. The van der Waals surface area contributed by atoms with Gasteiger partial charge in [-0.2, -0.15) is 5.26 Å². The first-order chi connectivity index (χ1) is 13.3. The van der Waals surface area contributed by atoms with E-state index in [1.54, 1.807) is 38.1 Å². The fraction of sp³-hybridized carbons (Fsp3) is 0.318. The van der Waals surface area contributed by atoms with Gasteiger partial charge in [0.1, 0.15) is 11.5 Å². The first-order valence-corrected chi connectivity index (χ1v) is 9.30. The van der Waals surface area contributed by atoms with Crippen LogP contribution in [0.15, 0.2) is 48.5 Å². The van der Waals surface area contributed by atoms with Crippen molar-refractivity contribution in [3.63, 3.8) is 0 Å². The molecule has 0 fully saturated rings. The highest BCUT2D eigenvalue weighted by molar-refractivity contribution is 6.14. The molecule has 0 aliphatic carbocycles. The summed E-state index contributed by atoms with van der Waals surface area (Å²) in [5.74, 6) is -0.900. The van der Waals surface area contributed by atoms with Gasteiger partial charge in [0.05, 0.1) is 11.3 Å². The second-order valence-electron chi connectivity index (χ2n) is 6.91. The van der Waals surface area contributed by atoms with Crippen LogP contribution in [-0.2, 0) is 9.59 Å². The summed E-state index contributed by atoms with van der Waals surface area (Å²) in [6, 6.07) is 16.2. The van der Waals surface area contributed by atoms with E-state index in [1.807, 2.05) is 30.3 Å². The largest absolute Gasteiger partial charge is 0.372 e. The Morgan fingerprint density at radius 3 is 2.11 bits per heavy atom. The van der Waals surface area contributed by atoms with Crippen LogP contribution in [0.3, 0.4) is 0 Å². The lowest BCUT2D eigenvalue weighted by Crippen LogP contribution is -2.41. The number of nitriles is 1. The SMILES string of the molecule is CCN(CC)c1ccc(NC(=O)C(C)(C)C(=O)Nc2ccccc2C#N)cc1. The number of hydrogen-bond acceptors (Lipinski definition) is 4. The third-order valence-corrected chi connectivity index (χ3v) is 4.68.